The van der Waals surface area contributed by atoms with E-state index in [1.54, 1.807) is 36.4 Å². The van der Waals surface area contributed by atoms with Crippen molar-refractivity contribution >= 4 is 33.4 Å². The molecule has 1 aliphatic heterocycles. The summed E-state index contributed by atoms with van der Waals surface area (Å²) >= 11 is 3.16. The van der Waals surface area contributed by atoms with Crippen molar-refractivity contribution in [3.05, 3.63) is 52.4 Å². The van der Waals surface area contributed by atoms with Gasteiger partial charge in [0.2, 0.25) is 0 Å². The smallest absolute Gasteiger partial charge is 0.291 e. The zero-order valence-corrected chi connectivity index (χ0v) is 14.6. The molecule has 1 atom stereocenters. The third kappa shape index (κ3) is 4.24. The van der Waals surface area contributed by atoms with E-state index in [-0.39, 0.29) is 23.6 Å². The molecule has 2 aromatic rings. The van der Waals surface area contributed by atoms with E-state index in [9.17, 15) is 9.59 Å². The summed E-state index contributed by atoms with van der Waals surface area (Å²) in [5.41, 5.74) is 1.06. The highest BCUT2D eigenvalue weighted by atomic mass is 79.9. The largest absolute Gasteiger partial charge is 0.444 e. The van der Waals surface area contributed by atoms with Crippen LogP contribution in [0.25, 0.3) is 0 Å². The minimum atomic E-state index is -0.366. The van der Waals surface area contributed by atoms with Crippen LogP contribution in [0.5, 0.6) is 0 Å². The van der Waals surface area contributed by atoms with Crippen LogP contribution in [0.1, 0.15) is 33.8 Å². The first-order valence-electron chi connectivity index (χ1n) is 7.80. The number of anilines is 1. The van der Waals surface area contributed by atoms with Gasteiger partial charge in [0, 0.05) is 23.8 Å². The van der Waals surface area contributed by atoms with Gasteiger partial charge in [-0.3, -0.25) is 9.59 Å². The van der Waals surface area contributed by atoms with Gasteiger partial charge in [-0.2, -0.15) is 0 Å². The number of hydrogen-bond acceptors (Lipinski definition) is 4. The monoisotopic (exact) mass is 391 g/mol. The highest BCUT2D eigenvalue weighted by Crippen LogP contribution is 2.17. The van der Waals surface area contributed by atoms with Gasteiger partial charge < -0.3 is 20.4 Å². The second kappa shape index (κ2) is 7.63. The molecule has 2 heterocycles. The Morgan fingerprint density at radius 1 is 1.21 bits per heavy atom. The molecular weight excluding hydrogens is 374 g/mol. The van der Waals surface area contributed by atoms with Crippen molar-refractivity contribution in [2.75, 3.05) is 18.4 Å². The van der Waals surface area contributed by atoms with E-state index < -0.39 is 0 Å². The molecule has 6 nitrogen and oxygen atoms in total. The minimum absolute atomic E-state index is 0.138. The van der Waals surface area contributed by atoms with Crippen molar-refractivity contribution in [3.63, 3.8) is 0 Å². The molecule has 0 bridgehead atoms. The van der Waals surface area contributed by atoms with Crippen LogP contribution in [0.2, 0.25) is 0 Å². The van der Waals surface area contributed by atoms with Crippen LogP contribution in [0.3, 0.4) is 0 Å². The van der Waals surface area contributed by atoms with Gasteiger partial charge in [0.05, 0.1) is 0 Å². The Balaban J connectivity index is 1.64. The Morgan fingerprint density at radius 2 is 2.08 bits per heavy atom. The fraction of sp³-hybridized carbons (Fsp3) is 0.294. The van der Waals surface area contributed by atoms with Gasteiger partial charge in [-0.15, -0.1) is 0 Å². The maximum Gasteiger partial charge on any atom is 0.291 e. The lowest BCUT2D eigenvalue weighted by Gasteiger charge is -2.23. The van der Waals surface area contributed by atoms with Gasteiger partial charge in [-0.1, -0.05) is 6.07 Å². The van der Waals surface area contributed by atoms with E-state index in [1.807, 2.05) is 0 Å². The number of carbonyl (C=O) groups excluding carboxylic acids is 2. The van der Waals surface area contributed by atoms with Gasteiger partial charge >= 0.3 is 0 Å². The topological polar surface area (TPSA) is 83.4 Å². The molecule has 2 amide bonds. The second-order valence-corrected chi connectivity index (χ2v) is 6.44. The summed E-state index contributed by atoms with van der Waals surface area (Å²) in [6.45, 7) is 1.78. The van der Waals surface area contributed by atoms with Gasteiger partial charge in [0.25, 0.3) is 11.8 Å². The van der Waals surface area contributed by atoms with E-state index >= 15 is 0 Å². The Bertz CT molecular complexity index is 738. The molecule has 1 unspecified atom stereocenters. The third-order valence-electron chi connectivity index (χ3n) is 3.81. The normalized spacial score (nSPS) is 17.3. The van der Waals surface area contributed by atoms with E-state index in [0.29, 0.717) is 15.9 Å². The summed E-state index contributed by atoms with van der Waals surface area (Å²) in [5, 5.41) is 9.00. The first kappa shape index (κ1) is 16.7. The molecule has 24 heavy (non-hydrogen) atoms. The standard InChI is InChI=1S/C17H18BrN3O3/c18-15-7-6-14(24-15)17(23)20-12-4-1-3-11(9-12)16(22)21-13-5-2-8-19-10-13/h1,3-4,6-7,9,13,19H,2,5,8,10H2,(H,20,23)(H,21,22). The Kier molecular flexibility index (Phi) is 5.32. The highest BCUT2D eigenvalue weighted by Gasteiger charge is 2.17. The SMILES string of the molecule is O=C(NC1CCCNC1)c1cccc(NC(=O)c2ccc(Br)o2)c1. The summed E-state index contributed by atoms with van der Waals surface area (Å²) < 4.78 is 5.70. The van der Waals surface area contributed by atoms with E-state index in [4.69, 9.17) is 4.42 Å². The number of halogens is 1. The van der Waals surface area contributed by atoms with Crippen molar-refractivity contribution in [2.24, 2.45) is 0 Å². The second-order valence-electron chi connectivity index (χ2n) is 5.66. The third-order valence-corrected chi connectivity index (χ3v) is 4.24. The number of hydrogen-bond donors (Lipinski definition) is 3. The summed E-state index contributed by atoms with van der Waals surface area (Å²) in [5.74, 6) is -0.305. The Hall–Kier alpha value is -2.12. The lowest BCUT2D eigenvalue weighted by molar-refractivity contribution is 0.0929. The predicted molar refractivity (Wildman–Crippen MR) is 94.2 cm³/mol. The van der Waals surface area contributed by atoms with Gasteiger partial charge in [0.1, 0.15) is 0 Å². The lowest BCUT2D eigenvalue weighted by atomic mass is 10.1. The van der Waals surface area contributed by atoms with E-state index in [0.717, 1.165) is 25.9 Å². The summed E-state index contributed by atoms with van der Waals surface area (Å²) in [6.07, 6.45) is 2.03. The van der Waals surface area contributed by atoms with Crippen LogP contribution in [-0.2, 0) is 0 Å². The van der Waals surface area contributed by atoms with Gasteiger partial charge in [0.15, 0.2) is 10.4 Å². The molecule has 1 aliphatic rings. The van der Waals surface area contributed by atoms with Crippen molar-refractivity contribution < 1.29 is 14.0 Å². The average molecular weight is 392 g/mol. The molecule has 0 aliphatic carbocycles. The quantitative estimate of drug-likeness (QED) is 0.747. The fourth-order valence-electron chi connectivity index (χ4n) is 2.61. The summed E-state index contributed by atoms with van der Waals surface area (Å²) in [7, 11) is 0. The van der Waals surface area contributed by atoms with Crippen molar-refractivity contribution in [2.45, 2.75) is 18.9 Å². The molecule has 7 heteroatoms. The first-order chi connectivity index (χ1) is 11.6. The number of amides is 2. The number of benzene rings is 1. The number of nitrogens with one attached hydrogen (secondary N) is 3. The zero-order valence-electron chi connectivity index (χ0n) is 13.0. The molecule has 0 radical (unpaired) electrons. The fourth-order valence-corrected chi connectivity index (χ4v) is 2.92. The van der Waals surface area contributed by atoms with Gasteiger partial charge in [-0.05, 0) is 65.6 Å². The molecule has 1 aromatic carbocycles. The van der Waals surface area contributed by atoms with Crippen LogP contribution >= 0.6 is 15.9 Å². The minimum Gasteiger partial charge on any atom is -0.444 e. The molecule has 0 saturated carbocycles. The van der Waals surface area contributed by atoms with E-state index in [1.165, 1.54) is 0 Å². The van der Waals surface area contributed by atoms with E-state index in [2.05, 4.69) is 31.9 Å². The molecule has 1 saturated heterocycles. The van der Waals surface area contributed by atoms with Crippen LogP contribution in [-0.4, -0.2) is 30.9 Å². The van der Waals surface area contributed by atoms with Crippen LogP contribution in [0.4, 0.5) is 5.69 Å². The van der Waals surface area contributed by atoms with Crippen molar-refractivity contribution in [1.29, 1.82) is 0 Å². The van der Waals surface area contributed by atoms with Crippen molar-refractivity contribution in [3.8, 4) is 0 Å². The highest BCUT2D eigenvalue weighted by molar-refractivity contribution is 9.10. The number of piperidine rings is 1. The number of rotatable bonds is 4. The summed E-state index contributed by atoms with van der Waals surface area (Å²) in [4.78, 5) is 24.4. The maximum atomic E-state index is 12.3. The average Bonchev–Trinajstić information content (AvgIpc) is 3.03. The van der Waals surface area contributed by atoms with Crippen LogP contribution in [0, 0.1) is 0 Å². The van der Waals surface area contributed by atoms with Crippen LogP contribution < -0.4 is 16.0 Å². The molecule has 0 spiro atoms. The molecular formula is C17H18BrN3O3. The Morgan fingerprint density at radius 3 is 2.79 bits per heavy atom. The summed E-state index contributed by atoms with van der Waals surface area (Å²) in [6, 6.07) is 10.2. The molecule has 3 N–H and O–H groups in total. The number of carbonyl (C=O) groups is 2. The molecule has 126 valence electrons. The lowest BCUT2D eigenvalue weighted by Crippen LogP contribution is -2.45. The first-order valence-corrected chi connectivity index (χ1v) is 8.59. The molecule has 3 rings (SSSR count). The Labute approximate surface area is 148 Å². The van der Waals surface area contributed by atoms with Gasteiger partial charge in [-0.25, -0.2) is 0 Å². The predicted octanol–water partition coefficient (Wildman–Crippen LogP) is 2.78. The molecule has 1 fully saturated rings. The number of furan rings is 1. The van der Waals surface area contributed by atoms with Crippen LogP contribution in [0.15, 0.2) is 45.5 Å². The zero-order chi connectivity index (χ0) is 16.9. The van der Waals surface area contributed by atoms with Crippen molar-refractivity contribution in [1.82, 2.24) is 10.6 Å². The maximum absolute atomic E-state index is 12.3. The molecule has 1 aromatic heterocycles.